The molecule has 1 atom stereocenters. The first-order valence-electron chi connectivity index (χ1n) is 7.51. The summed E-state index contributed by atoms with van der Waals surface area (Å²) in [7, 11) is 1.57. The maximum atomic E-state index is 11.5. The molecule has 0 saturated carbocycles. The van der Waals surface area contributed by atoms with Gasteiger partial charge in [-0.05, 0) is 32.4 Å². The summed E-state index contributed by atoms with van der Waals surface area (Å²) >= 11 is 0. The van der Waals surface area contributed by atoms with Gasteiger partial charge in [-0.2, -0.15) is 0 Å². The number of nitrogens with zero attached hydrogens (tertiary/aromatic N) is 3. The molecule has 0 spiro atoms. The summed E-state index contributed by atoms with van der Waals surface area (Å²) in [5.74, 6) is 0.306. The molecule has 0 fully saturated rings. The SMILES string of the molecule is COCC(C)Nc1ncnc(Nc2ccc(C)cc2C)c1[N+](=O)[O-]. The number of benzene rings is 1. The van der Waals surface area contributed by atoms with Crippen LogP contribution in [0.1, 0.15) is 18.1 Å². The van der Waals surface area contributed by atoms with Gasteiger partial charge in [-0.25, -0.2) is 9.97 Å². The van der Waals surface area contributed by atoms with E-state index in [0.29, 0.717) is 6.61 Å². The van der Waals surface area contributed by atoms with Crippen molar-refractivity contribution in [3.05, 3.63) is 45.8 Å². The molecular weight excluding hydrogens is 310 g/mol. The summed E-state index contributed by atoms with van der Waals surface area (Å²) < 4.78 is 5.04. The van der Waals surface area contributed by atoms with Crippen LogP contribution >= 0.6 is 0 Å². The Balaban J connectivity index is 2.37. The number of hydrogen-bond acceptors (Lipinski definition) is 7. The van der Waals surface area contributed by atoms with Crippen LogP contribution in [0.2, 0.25) is 0 Å². The number of methoxy groups -OCH3 is 1. The van der Waals surface area contributed by atoms with Crippen LogP contribution in [0, 0.1) is 24.0 Å². The minimum absolute atomic E-state index is 0.127. The zero-order valence-corrected chi connectivity index (χ0v) is 14.2. The lowest BCUT2D eigenvalue weighted by molar-refractivity contribution is -0.383. The Morgan fingerprint density at radius 3 is 2.62 bits per heavy atom. The molecule has 128 valence electrons. The van der Waals surface area contributed by atoms with E-state index in [2.05, 4.69) is 20.6 Å². The van der Waals surface area contributed by atoms with Crippen LogP contribution in [-0.4, -0.2) is 34.6 Å². The quantitative estimate of drug-likeness (QED) is 0.593. The number of aryl methyl sites for hydroxylation is 2. The van der Waals surface area contributed by atoms with Crippen LogP contribution in [0.3, 0.4) is 0 Å². The number of anilines is 3. The van der Waals surface area contributed by atoms with E-state index in [-0.39, 0.29) is 23.4 Å². The molecule has 0 aliphatic rings. The van der Waals surface area contributed by atoms with Gasteiger partial charge in [0.2, 0.25) is 11.6 Å². The van der Waals surface area contributed by atoms with E-state index in [4.69, 9.17) is 4.74 Å². The highest BCUT2D eigenvalue weighted by Crippen LogP contribution is 2.32. The Kier molecular flexibility index (Phi) is 5.64. The van der Waals surface area contributed by atoms with Crippen LogP contribution in [0.15, 0.2) is 24.5 Å². The summed E-state index contributed by atoms with van der Waals surface area (Å²) in [5, 5.41) is 17.5. The molecule has 0 radical (unpaired) electrons. The molecular formula is C16H21N5O3. The van der Waals surface area contributed by atoms with Crippen molar-refractivity contribution < 1.29 is 9.66 Å². The molecule has 2 N–H and O–H groups in total. The minimum Gasteiger partial charge on any atom is -0.383 e. The first-order valence-corrected chi connectivity index (χ1v) is 7.51. The third kappa shape index (κ3) is 4.17. The van der Waals surface area contributed by atoms with Crippen molar-refractivity contribution in [1.29, 1.82) is 0 Å². The van der Waals surface area contributed by atoms with Crippen LogP contribution in [0.4, 0.5) is 23.0 Å². The zero-order valence-electron chi connectivity index (χ0n) is 14.2. The molecule has 1 aromatic heterocycles. The predicted octanol–water partition coefficient (Wildman–Crippen LogP) is 3.19. The third-order valence-corrected chi connectivity index (χ3v) is 3.44. The van der Waals surface area contributed by atoms with Crippen molar-refractivity contribution >= 4 is 23.0 Å². The van der Waals surface area contributed by atoms with Crippen molar-refractivity contribution in [1.82, 2.24) is 9.97 Å². The van der Waals surface area contributed by atoms with Crippen LogP contribution < -0.4 is 10.6 Å². The Morgan fingerprint density at radius 1 is 1.29 bits per heavy atom. The lowest BCUT2D eigenvalue weighted by atomic mass is 10.1. The lowest BCUT2D eigenvalue weighted by Gasteiger charge is -2.15. The van der Waals surface area contributed by atoms with Gasteiger partial charge in [0, 0.05) is 18.8 Å². The second kappa shape index (κ2) is 7.69. The molecule has 8 heteroatoms. The highest BCUT2D eigenvalue weighted by Gasteiger charge is 2.24. The molecule has 0 bridgehead atoms. The lowest BCUT2D eigenvalue weighted by Crippen LogP contribution is -2.22. The van der Waals surface area contributed by atoms with Gasteiger partial charge in [-0.15, -0.1) is 0 Å². The monoisotopic (exact) mass is 331 g/mol. The summed E-state index contributed by atoms with van der Waals surface area (Å²) in [5.41, 5.74) is 2.66. The summed E-state index contributed by atoms with van der Waals surface area (Å²) in [6.07, 6.45) is 1.29. The van der Waals surface area contributed by atoms with E-state index in [0.717, 1.165) is 16.8 Å². The van der Waals surface area contributed by atoms with Gasteiger partial charge in [0.1, 0.15) is 6.33 Å². The third-order valence-electron chi connectivity index (χ3n) is 3.44. The van der Waals surface area contributed by atoms with E-state index in [1.165, 1.54) is 6.33 Å². The number of nitro groups is 1. The molecule has 1 unspecified atom stereocenters. The average Bonchev–Trinajstić information content (AvgIpc) is 2.50. The molecule has 8 nitrogen and oxygen atoms in total. The highest BCUT2D eigenvalue weighted by molar-refractivity contribution is 5.74. The maximum Gasteiger partial charge on any atom is 0.353 e. The summed E-state index contributed by atoms with van der Waals surface area (Å²) in [4.78, 5) is 19.1. The molecule has 2 aromatic rings. The number of nitrogens with one attached hydrogen (secondary N) is 2. The molecule has 0 saturated heterocycles. The van der Waals surface area contributed by atoms with Gasteiger partial charge in [0.15, 0.2) is 0 Å². The second-order valence-electron chi connectivity index (χ2n) is 5.62. The fourth-order valence-corrected chi connectivity index (χ4v) is 2.36. The van der Waals surface area contributed by atoms with Gasteiger partial charge in [0.25, 0.3) is 0 Å². The molecule has 0 aliphatic carbocycles. The van der Waals surface area contributed by atoms with Gasteiger partial charge >= 0.3 is 5.69 Å². The van der Waals surface area contributed by atoms with E-state index in [9.17, 15) is 10.1 Å². The minimum atomic E-state index is -0.492. The molecule has 2 rings (SSSR count). The van der Waals surface area contributed by atoms with Crippen molar-refractivity contribution in [2.45, 2.75) is 26.8 Å². The predicted molar refractivity (Wildman–Crippen MR) is 92.8 cm³/mol. The molecule has 0 aliphatic heterocycles. The van der Waals surface area contributed by atoms with Crippen molar-refractivity contribution in [2.75, 3.05) is 24.4 Å². The first-order chi connectivity index (χ1) is 11.4. The summed E-state index contributed by atoms with van der Waals surface area (Å²) in [6, 6.07) is 5.67. The highest BCUT2D eigenvalue weighted by atomic mass is 16.6. The van der Waals surface area contributed by atoms with Crippen LogP contribution in [0.25, 0.3) is 0 Å². The van der Waals surface area contributed by atoms with Gasteiger partial charge < -0.3 is 15.4 Å². The van der Waals surface area contributed by atoms with Crippen LogP contribution in [-0.2, 0) is 4.74 Å². The molecule has 1 heterocycles. The first kappa shape index (κ1) is 17.6. The zero-order chi connectivity index (χ0) is 17.7. The summed E-state index contributed by atoms with van der Waals surface area (Å²) in [6.45, 7) is 6.18. The topological polar surface area (TPSA) is 102 Å². The fourth-order valence-electron chi connectivity index (χ4n) is 2.36. The Labute approximate surface area is 140 Å². The largest absolute Gasteiger partial charge is 0.383 e. The Morgan fingerprint density at radius 2 is 2.00 bits per heavy atom. The van der Waals surface area contributed by atoms with Crippen molar-refractivity contribution in [3.63, 3.8) is 0 Å². The second-order valence-corrected chi connectivity index (χ2v) is 5.62. The number of aromatic nitrogens is 2. The van der Waals surface area contributed by atoms with Crippen molar-refractivity contribution in [2.24, 2.45) is 0 Å². The fraction of sp³-hybridized carbons (Fsp3) is 0.375. The number of rotatable bonds is 7. The number of hydrogen-bond donors (Lipinski definition) is 2. The van der Waals surface area contributed by atoms with Crippen molar-refractivity contribution in [3.8, 4) is 0 Å². The average molecular weight is 331 g/mol. The molecule has 0 amide bonds. The van der Waals surface area contributed by atoms with Gasteiger partial charge in [-0.3, -0.25) is 10.1 Å². The number of ether oxygens (including phenoxy) is 1. The van der Waals surface area contributed by atoms with E-state index in [1.54, 1.807) is 7.11 Å². The Hall–Kier alpha value is -2.74. The van der Waals surface area contributed by atoms with Gasteiger partial charge in [-0.1, -0.05) is 17.7 Å². The molecule has 1 aromatic carbocycles. The standard InChI is InChI=1S/C16H21N5O3/c1-10-5-6-13(11(2)7-10)20-16-14(21(22)23)15(17-9-18-16)19-12(3)8-24-4/h5-7,9,12H,8H2,1-4H3,(H2,17,18,19,20). The smallest absolute Gasteiger partial charge is 0.353 e. The Bertz CT molecular complexity index is 736. The van der Waals surface area contributed by atoms with E-state index >= 15 is 0 Å². The molecule has 24 heavy (non-hydrogen) atoms. The maximum absolute atomic E-state index is 11.5. The van der Waals surface area contributed by atoms with Gasteiger partial charge in [0.05, 0.1) is 11.5 Å². The van der Waals surface area contributed by atoms with Crippen LogP contribution in [0.5, 0.6) is 0 Å². The van der Waals surface area contributed by atoms with E-state index < -0.39 is 4.92 Å². The van der Waals surface area contributed by atoms with E-state index in [1.807, 2.05) is 39.0 Å². The normalized spacial score (nSPS) is 11.8.